The first-order valence-electron chi connectivity index (χ1n) is 6.77. The van der Waals surface area contributed by atoms with Crippen LogP contribution in [0.2, 0.25) is 0 Å². The summed E-state index contributed by atoms with van der Waals surface area (Å²) < 4.78 is 12.0. The molecule has 0 atom stereocenters. The first-order valence-corrected chi connectivity index (χ1v) is 8.92. The van der Waals surface area contributed by atoms with E-state index in [2.05, 4.69) is 10.5 Å². The Morgan fingerprint density at radius 3 is 2.50 bits per heavy atom. The lowest BCUT2D eigenvalue weighted by molar-refractivity contribution is -0.123. The number of methoxy groups -OCH3 is 1. The number of nitrogens with zero attached hydrogens (tertiary/aromatic N) is 1. The number of hydrogen-bond donors (Lipinski definition) is 2. The van der Waals surface area contributed by atoms with Gasteiger partial charge in [-0.1, -0.05) is 12.1 Å². The third kappa shape index (κ3) is 5.23. The zero-order valence-corrected chi connectivity index (χ0v) is 16.9. The van der Waals surface area contributed by atoms with Gasteiger partial charge in [0, 0.05) is 0 Å². The van der Waals surface area contributed by atoms with Crippen LogP contribution in [0.1, 0.15) is 5.56 Å². The molecule has 2 rings (SSSR count). The Hall–Kier alpha value is -1.56. The molecule has 0 spiro atoms. The van der Waals surface area contributed by atoms with Crippen LogP contribution in [0.25, 0.3) is 0 Å². The van der Waals surface area contributed by atoms with E-state index in [1.165, 1.54) is 13.3 Å². The molecule has 0 unspecified atom stereocenters. The van der Waals surface area contributed by atoms with E-state index in [9.17, 15) is 9.90 Å². The molecule has 24 heavy (non-hydrogen) atoms. The number of hydrogen-bond acceptors (Lipinski definition) is 5. The third-order valence-corrected chi connectivity index (χ3v) is 4.51. The van der Waals surface area contributed by atoms with Gasteiger partial charge in [0.1, 0.15) is 5.75 Å². The van der Waals surface area contributed by atoms with Crippen LogP contribution in [-0.2, 0) is 4.79 Å². The molecule has 0 saturated heterocycles. The lowest BCUT2D eigenvalue weighted by Crippen LogP contribution is -2.24. The normalized spacial score (nSPS) is 10.6. The van der Waals surface area contributed by atoms with E-state index >= 15 is 0 Å². The second-order valence-corrected chi connectivity index (χ2v) is 6.89. The molecule has 0 radical (unpaired) electrons. The van der Waals surface area contributed by atoms with Crippen molar-refractivity contribution in [1.82, 2.24) is 5.43 Å². The first-order chi connectivity index (χ1) is 11.5. The van der Waals surface area contributed by atoms with Gasteiger partial charge in [0.05, 0.1) is 20.5 Å². The van der Waals surface area contributed by atoms with Crippen molar-refractivity contribution >= 4 is 57.3 Å². The number of phenolic OH excluding ortho intramolecular Hbond substituents is 1. The number of para-hydroxylation sites is 2. The molecule has 2 aromatic carbocycles. The maximum absolute atomic E-state index is 11.8. The Morgan fingerprint density at radius 1 is 1.25 bits per heavy atom. The molecule has 0 aliphatic carbocycles. The summed E-state index contributed by atoms with van der Waals surface area (Å²) in [6, 6.07) is 10.6. The van der Waals surface area contributed by atoms with Crippen molar-refractivity contribution in [2.45, 2.75) is 0 Å². The van der Waals surface area contributed by atoms with E-state index < -0.39 is 0 Å². The number of carbonyl (C=O) groups is 1. The second-order valence-electron chi connectivity index (χ2n) is 4.57. The Kier molecular flexibility index (Phi) is 7.09. The molecular weight excluding hydrogens is 538 g/mol. The zero-order valence-electron chi connectivity index (χ0n) is 12.6. The van der Waals surface area contributed by atoms with Crippen molar-refractivity contribution in [1.29, 1.82) is 0 Å². The summed E-state index contributed by atoms with van der Waals surface area (Å²) in [5.41, 5.74) is 3.16. The van der Waals surface area contributed by atoms with Gasteiger partial charge in [-0.3, -0.25) is 4.79 Å². The Labute approximate surface area is 166 Å². The molecule has 6 nitrogen and oxygen atoms in total. The summed E-state index contributed by atoms with van der Waals surface area (Å²) in [5.74, 6) is 0.895. The Morgan fingerprint density at radius 2 is 1.88 bits per heavy atom. The van der Waals surface area contributed by atoms with Crippen LogP contribution in [0, 0.1) is 7.14 Å². The highest BCUT2D eigenvalue weighted by Gasteiger charge is 2.07. The standard InChI is InChI=1S/C16H14I2N2O4/c1-23-13-4-2-3-5-14(13)24-9-15(21)20-19-8-10-6-11(17)16(22)12(18)7-10/h2-8,22H,9H2,1H3,(H,20,21)/b19-8+. The maximum atomic E-state index is 11.8. The van der Waals surface area contributed by atoms with Gasteiger partial charge in [0.25, 0.3) is 5.91 Å². The molecule has 0 aliphatic rings. The van der Waals surface area contributed by atoms with Gasteiger partial charge in [-0.05, 0) is 75.0 Å². The number of hydrazone groups is 1. The van der Waals surface area contributed by atoms with Crippen LogP contribution in [0.5, 0.6) is 17.2 Å². The Bertz CT molecular complexity index is 742. The minimum Gasteiger partial charge on any atom is -0.506 e. The highest BCUT2D eigenvalue weighted by atomic mass is 127. The minimum atomic E-state index is -0.389. The number of amides is 1. The van der Waals surface area contributed by atoms with Crippen molar-refractivity contribution < 1.29 is 19.4 Å². The number of benzene rings is 2. The van der Waals surface area contributed by atoms with Crippen molar-refractivity contribution in [2.24, 2.45) is 5.10 Å². The molecule has 0 heterocycles. The minimum absolute atomic E-state index is 0.178. The smallest absolute Gasteiger partial charge is 0.277 e. The van der Waals surface area contributed by atoms with E-state index in [0.29, 0.717) is 18.6 Å². The molecular formula is C16H14I2N2O4. The SMILES string of the molecule is COc1ccccc1OCC(=O)N/N=C/c1cc(I)c(O)c(I)c1. The van der Waals surface area contributed by atoms with Crippen LogP contribution in [-0.4, -0.2) is 30.9 Å². The summed E-state index contributed by atoms with van der Waals surface area (Å²) in [5, 5.41) is 13.6. The molecule has 0 bridgehead atoms. The number of carbonyl (C=O) groups excluding carboxylic acids is 1. The predicted octanol–water partition coefficient (Wildman–Crippen LogP) is 3.14. The molecule has 0 fully saturated rings. The molecule has 2 N–H and O–H groups in total. The summed E-state index contributed by atoms with van der Waals surface area (Å²) >= 11 is 4.06. The van der Waals surface area contributed by atoms with Crippen LogP contribution in [0.15, 0.2) is 41.5 Å². The zero-order chi connectivity index (χ0) is 17.5. The molecule has 1 amide bonds. The van der Waals surface area contributed by atoms with E-state index in [4.69, 9.17) is 9.47 Å². The third-order valence-electron chi connectivity index (χ3n) is 2.87. The van der Waals surface area contributed by atoms with Gasteiger partial charge >= 0.3 is 0 Å². The van der Waals surface area contributed by atoms with Crippen LogP contribution in [0.4, 0.5) is 0 Å². The molecule has 0 aliphatic heterocycles. The van der Waals surface area contributed by atoms with Gasteiger partial charge in [-0.25, -0.2) is 5.43 Å². The number of nitrogens with one attached hydrogen (secondary N) is 1. The van der Waals surface area contributed by atoms with Crippen molar-refractivity contribution in [3.8, 4) is 17.2 Å². The van der Waals surface area contributed by atoms with E-state index in [-0.39, 0.29) is 18.3 Å². The molecule has 2 aromatic rings. The Balaban J connectivity index is 1.89. The number of halogens is 2. The van der Waals surface area contributed by atoms with E-state index in [0.717, 1.165) is 5.56 Å². The fourth-order valence-corrected chi connectivity index (χ4v) is 3.57. The molecule has 8 heteroatoms. The van der Waals surface area contributed by atoms with Crippen LogP contribution < -0.4 is 14.9 Å². The summed E-state index contributed by atoms with van der Waals surface area (Å²) in [6.45, 7) is -0.178. The van der Waals surface area contributed by atoms with E-state index in [1.807, 2.05) is 51.2 Å². The number of aromatic hydroxyl groups is 1. The first kappa shape index (κ1) is 18.8. The predicted molar refractivity (Wildman–Crippen MR) is 108 cm³/mol. The van der Waals surface area contributed by atoms with Crippen molar-refractivity contribution in [3.63, 3.8) is 0 Å². The highest BCUT2D eigenvalue weighted by molar-refractivity contribution is 14.1. The lowest BCUT2D eigenvalue weighted by Gasteiger charge is -2.09. The average Bonchev–Trinajstić information content (AvgIpc) is 2.58. The summed E-state index contributed by atoms with van der Waals surface area (Å²) in [6.07, 6.45) is 1.50. The monoisotopic (exact) mass is 552 g/mol. The van der Waals surface area contributed by atoms with Gasteiger partial charge in [-0.2, -0.15) is 5.10 Å². The number of ether oxygens (including phenoxy) is 2. The topological polar surface area (TPSA) is 80.2 Å². The fourth-order valence-electron chi connectivity index (χ4n) is 1.75. The largest absolute Gasteiger partial charge is 0.506 e. The van der Waals surface area contributed by atoms with Gasteiger partial charge in [-0.15, -0.1) is 0 Å². The highest BCUT2D eigenvalue weighted by Crippen LogP contribution is 2.27. The van der Waals surface area contributed by atoms with Crippen molar-refractivity contribution in [2.75, 3.05) is 13.7 Å². The summed E-state index contributed by atoms with van der Waals surface area (Å²) in [7, 11) is 1.53. The van der Waals surface area contributed by atoms with Crippen LogP contribution in [0.3, 0.4) is 0 Å². The molecule has 0 aromatic heterocycles. The maximum Gasteiger partial charge on any atom is 0.277 e. The number of rotatable bonds is 6. The summed E-state index contributed by atoms with van der Waals surface area (Å²) in [4.78, 5) is 11.8. The fraction of sp³-hybridized carbons (Fsp3) is 0.125. The number of phenols is 1. The van der Waals surface area contributed by atoms with E-state index in [1.54, 1.807) is 30.3 Å². The van der Waals surface area contributed by atoms with Crippen molar-refractivity contribution in [3.05, 3.63) is 49.1 Å². The van der Waals surface area contributed by atoms with Gasteiger partial charge in [0.15, 0.2) is 18.1 Å². The van der Waals surface area contributed by atoms with Crippen LogP contribution >= 0.6 is 45.2 Å². The second kappa shape index (κ2) is 9.06. The molecule has 0 saturated carbocycles. The molecule has 126 valence electrons. The lowest BCUT2D eigenvalue weighted by atomic mass is 10.2. The quantitative estimate of drug-likeness (QED) is 0.328. The van der Waals surface area contributed by atoms with Gasteiger partial charge in [0.2, 0.25) is 0 Å². The van der Waals surface area contributed by atoms with Gasteiger partial charge < -0.3 is 14.6 Å². The average molecular weight is 552 g/mol.